The highest BCUT2D eigenvalue weighted by atomic mass is 79.9. The SMILES string of the molecule is CC1(C)OB(C(=Cc2cc(Cl)ccc2Br)CNC(=O)OCc2ccccc2)OC1(C)C. The van der Waals surface area contributed by atoms with Gasteiger partial charge >= 0.3 is 13.2 Å². The average molecular weight is 507 g/mol. The van der Waals surface area contributed by atoms with Crippen molar-refractivity contribution in [2.24, 2.45) is 0 Å². The Labute approximate surface area is 197 Å². The number of rotatable bonds is 6. The van der Waals surface area contributed by atoms with Crippen molar-refractivity contribution in [3.05, 3.63) is 74.6 Å². The first-order valence-corrected chi connectivity index (χ1v) is 11.2. The van der Waals surface area contributed by atoms with E-state index in [4.69, 9.17) is 25.6 Å². The summed E-state index contributed by atoms with van der Waals surface area (Å²) in [5.41, 5.74) is 1.52. The Bertz CT molecular complexity index is 949. The lowest BCUT2D eigenvalue weighted by Gasteiger charge is -2.32. The third kappa shape index (κ3) is 6.13. The summed E-state index contributed by atoms with van der Waals surface area (Å²) in [6.45, 7) is 8.34. The van der Waals surface area contributed by atoms with E-state index in [0.29, 0.717) is 5.02 Å². The molecule has 1 aliphatic rings. The summed E-state index contributed by atoms with van der Waals surface area (Å²) in [7, 11) is -0.620. The van der Waals surface area contributed by atoms with Crippen LogP contribution in [0.25, 0.3) is 6.08 Å². The Balaban J connectivity index is 1.75. The minimum absolute atomic E-state index is 0.196. The van der Waals surface area contributed by atoms with Crippen LogP contribution >= 0.6 is 27.5 Å². The second kappa shape index (κ2) is 9.78. The van der Waals surface area contributed by atoms with E-state index in [-0.39, 0.29) is 13.2 Å². The molecule has 2 aromatic rings. The van der Waals surface area contributed by atoms with E-state index in [0.717, 1.165) is 21.1 Å². The Morgan fingerprint density at radius 1 is 1.13 bits per heavy atom. The first-order chi connectivity index (χ1) is 14.6. The number of ether oxygens (including phenoxy) is 1. The predicted molar refractivity (Wildman–Crippen MR) is 128 cm³/mol. The standard InChI is InChI=1S/C23H26BBrClNO4/c1-22(2)23(3,4)31-24(30-22)18(12-17-13-19(26)10-11-20(17)25)14-27-21(28)29-15-16-8-6-5-7-9-16/h5-13H,14-15H2,1-4H3,(H,27,28). The molecule has 0 saturated carbocycles. The molecule has 0 radical (unpaired) electrons. The van der Waals surface area contributed by atoms with Gasteiger partial charge in [0.15, 0.2) is 0 Å². The van der Waals surface area contributed by atoms with E-state index in [9.17, 15) is 4.79 Å². The fraction of sp³-hybridized carbons (Fsp3) is 0.348. The fourth-order valence-corrected chi connectivity index (χ4v) is 3.51. The number of hydrogen-bond acceptors (Lipinski definition) is 4. The van der Waals surface area contributed by atoms with Crippen LogP contribution in [0.4, 0.5) is 4.79 Å². The predicted octanol–water partition coefficient (Wildman–Crippen LogP) is 6.04. The highest BCUT2D eigenvalue weighted by molar-refractivity contribution is 9.10. The van der Waals surface area contributed by atoms with E-state index < -0.39 is 24.4 Å². The van der Waals surface area contributed by atoms with Crippen LogP contribution < -0.4 is 5.32 Å². The minimum Gasteiger partial charge on any atom is -0.445 e. The van der Waals surface area contributed by atoms with E-state index in [1.54, 1.807) is 6.07 Å². The molecule has 8 heteroatoms. The molecule has 0 aromatic heterocycles. The normalized spacial score (nSPS) is 17.5. The smallest absolute Gasteiger partial charge is 0.445 e. The molecule has 1 fully saturated rings. The zero-order valence-electron chi connectivity index (χ0n) is 18.1. The zero-order chi connectivity index (χ0) is 22.6. The van der Waals surface area contributed by atoms with Gasteiger partial charge in [-0.3, -0.25) is 0 Å². The molecule has 1 heterocycles. The molecule has 0 atom stereocenters. The first kappa shape index (κ1) is 23.9. The van der Waals surface area contributed by atoms with Crippen LogP contribution in [0.1, 0.15) is 38.8 Å². The Morgan fingerprint density at radius 2 is 1.77 bits per heavy atom. The number of benzene rings is 2. The Hall–Kier alpha value is -1.80. The molecule has 1 saturated heterocycles. The van der Waals surface area contributed by atoms with Crippen molar-refractivity contribution in [2.45, 2.75) is 45.5 Å². The van der Waals surface area contributed by atoms with Gasteiger partial charge < -0.3 is 19.4 Å². The van der Waals surface area contributed by atoms with E-state index in [2.05, 4.69) is 21.2 Å². The number of halogens is 2. The Kier molecular flexibility index (Phi) is 7.53. The van der Waals surface area contributed by atoms with Crippen molar-refractivity contribution in [1.29, 1.82) is 0 Å². The molecular formula is C23H26BBrClNO4. The van der Waals surface area contributed by atoms with Gasteiger partial charge in [0.25, 0.3) is 0 Å². The maximum Gasteiger partial charge on any atom is 0.492 e. The monoisotopic (exact) mass is 505 g/mol. The van der Waals surface area contributed by atoms with Gasteiger partial charge in [-0.2, -0.15) is 0 Å². The first-order valence-electron chi connectivity index (χ1n) is 10.0. The highest BCUT2D eigenvalue weighted by Crippen LogP contribution is 2.39. The molecule has 0 spiro atoms. The van der Waals surface area contributed by atoms with Crippen molar-refractivity contribution >= 4 is 46.8 Å². The molecule has 1 amide bonds. The third-order valence-corrected chi connectivity index (χ3v) is 6.46. The number of hydrogen-bond donors (Lipinski definition) is 1. The third-order valence-electron chi connectivity index (χ3n) is 5.50. The van der Waals surface area contributed by atoms with Crippen molar-refractivity contribution in [3.8, 4) is 0 Å². The number of nitrogens with one attached hydrogen (secondary N) is 1. The number of alkyl carbamates (subject to hydrolysis) is 1. The lowest BCUT2D eigenvalue weighted by molar-refractivity contribution is 0.00578. The van der Waals surface area contributed by atoms with Gasteiger partial charge in [0.05, 0.1) is 11.2 Å². The molecule has 1 aliphatic heterocycles. The van der Waals surface area contributed by atoms with Gasteiger partial charge in [-0.25, -0.2) is 4.79 Å². The second-order valence-electron chi connectivity index (χ2n) is 8.39. The molecular weight excluding hydrogens is 480 g/mol. The molecule has 164 valence electrons. The molecule has 0 unspecified atom stereocenters. The maximum absolute atomic E-state index is 12.3. The van der Waals surface area contributed by atoms with Crippen LogP contribution in [-0.4, -0.2) is 31.0 Å². The summed E-state index contributed by atoms with van der Waals surface area (Å²) in [6.07, 6.45) is 1.40. The van der Waals surface area contributed by atoms with Crippen molar-refractivity contribution in [2.75, 3.05) is 6.54 Å². The minimum atomic E-state index is -0.620. The summed E-state index contributed by atoms with van der Waals surface area (Å²) < 4.78 is 18.6. The number of carbonyl (C=O) groups is 1. The van der Waals surface area contributed by atoms with E-state index in [1.807, 2.05) is 76.2 Å². The van der Waals surface area contributed by atoms with Crippen molar-refractivity contribution < 1.29 is 18.8 Å². The van der Waals surface area contributed by atoms with Crippen LogP contribution in [0.15, 0.2) is 58.5 Å². The zero-order valence-corrected chi connectivity index (χ0v) is 20.4. The molecule has 31 heavy (non-hydrogen) atoms. The summed E-state index contributed by atoms with van der Waals surface area (Å²) in [4.78, 5) is 12.3. The van der Waals surface area contributed by atoms with Crippen LogP contribution in [-0.2, 0) is 20.7 Å². The van der Waals surface area contributed by atoms with Crippen molar-refractivity contribution in [3.63, 3.8) is 0 Å². The van der Waals surface area contributed by atoms with Gasteiger partial charge in [-0.05, 0) is 62.5 Å². The van der Waals surface area contributed by atoms with Gasteiger partial charge in [-0.15, -0.1) is 0 Å². The quantitative estimate of drug-likeness (QED) is 0.485. The molecule has 5 nitrogen and oxygen atoms in total. The largest absolute Gasteiger partial charge is 0.492 e. The van der Waals surface area contributed by atoms with Gasteiger partial charge in [0.1, 0.15) is 6.61 Å². The fourth-order valence-electron chi connectivity index (χ4n) is 2.97. The van der Waals surface area contributed by atoms with Crippen LogP contribution in [0, 0.1) is 0 Å². The Morgan fingerprint density at radius 3 is 2.42 bits per heavy atom. The molecule has 3 rings (SSSR count). The number of amides is 1. The maximum atomic E-state index is 12.3. The van der Waals surface area contributed by atoms with Gasteiger partial charge in [-0.1, -0.05) is 63.9 Å². The van der Waals surface area contributed by atoms with E-state index >= 15 is 0 Å². The van der Waals surface area contributed by atoms with Gasteiger partial charge in [0.2, 0.25) is 0 Å². The lowest BCUT2D eigenvalue weighted by atomic mass is 9.77. The highest BCUT2D eigenvalue weighted by Gasteiger charge is 2.52. The van der Waals surface area contributed by atoms with Crippen molar-refractivity contribution in [1.82, 2.24) is 5.32 Å². The average Bonchev–Trinajstić information content (AvgIpc) is 2.94. The molecule has 1 N–H and O–H groups in total. The lowest BCUT2D eigenvalue weighted by Crippen LogP contribution is -2.41. The van der Waals surface area contributed by atoms with E-state index in [1.165, 1.54) is 0 Å². The van der Waals surface area contributed by atoms with Gasteiger partial charge in [0, 0.05) is 16.0 Å². The summed E-state index contributed by atoms with van der Waals surface area (Å²) in [6, 6.07) is 15.0. The summed E-state index contributed by atoms with van der Waals surface area (Å²) >= 11 is 9.72. The second-order valence-corrected chi connectivity index (χ2v) is 9.68. The molecule has 2 aromatic carbocycles. The topological polar surface area (TPSA) is 56.8 Å². The molecule has 0 aliphatic carbocycles. The van der Waals surface area contributed by atoms with Crippen LogP contribution in [0.5, 0.6) is 0 Å². The molecule has 0 bridgehead atoms. The summed E-state index contributed by atoms with van der Waals surface area (Å²) in [5.74, 6) is 0. The van der Waals surface area contributed by atoms with Crippen LogP contribution in [0.2, 0.25) is 5.02 Å². The number of carbonyl (C=O) groups excluding carboxylic acids is 1. The van der Waals surface area contributed by atoms with Crippen LogP contribution in [0.3, 0.4) is 0 Å². The summed E-state index contributed by atoms with van der Waals surface area (Å²) in [5, 5.41) is 3.41.